The first kappa shape index (κ1) is 13.0. The van der Waals surface area contributed by atoms with Gasteiger partial charge in [0.15, 0.2) is 11.5 Å². The first-order valence-corrected chi connectivity index (χ1v) is 6.37. The van der Waals surface area contributed by atoms with Crippen molar-refractivity contribution in [3.63, 3.8) is 0 Å². The molecular formula is C16H13N3O2. The molecule has 5 heteroatoms. The molecule has 0 fully saturated rings. The van der Waals surface area contributed by atoms with Crippen LogP contribution >= 0.6 is 0 Å². The second kappa shape index (κ2) is 5.17. The zero-order valence-corrected chi connectivity index (χ0v) is 11.7. The molecule has 0 unspecified atom stereocenters. The Labute approximate surface area is 122 Å². The van der Waals surface area contributed by atoms with Crippen molar-refractivity contribution < 1.29 is 9.47 Å². The summed E-state index contributed by atoms with van der Waals surface area (Å²) >= 11 is 0. The van der Waals surface area contributed by atoms with Crippen LogP contribution in [0.3, 0.4) is 0 Å². The number of nitriles is 1. The summed E-state index contributed by atoms with van der Waals surface area (Å²) < 4.78 is 12.4. The predicted octanol–water partition coefficient (Wildman–Crippen LogP) is 2.91. The summed E-state index contributed by atoms with van der Waals surface area (Å²) in [7, 11) is 3.20. The molecule has 0 saturated heterocycles. The molecule has 3 rings (SSSR count). The summed E-state index contributed by atoms with van der Waals surface area (Å²) in [6, 6.07) is 11.4. The molecule has 0 amide bonds. The van der Waals surface area contributed by atoms with Crippen LogP contribution < -0.4 is 9.47 Å². The van der Waals surface area contributed by atoms with Crippen molar-refractivity contribution in [3.05, 3.63) is 48.4 Å². The Hall–Kier alpha value is -3.00. The molecule has 1 aromatic carbocycles. The molecule has 0 aliphatic carbocycles. The van der Waals surface area contributed by atoms with Crippen LogP contribution in [0.2, 0.25) is 0 Å². The van der Waals surface area contributed by atoms with E-state index in [0.717, 1.165) is 10.8 Å². The largest absolute Gasteiger partial charge is 0.493 e. The minimum absolute atomic E-state index is 0.532. The van der Waals surface area contributed by atoms with Gasteiger partial charge in [0.2, 0.25) is 0 Å². The fourth-order valence-electron chi connectivity index (χ4n) is 2.33. The predicted molar refractivity (Wildman–Crippen MR) is 78.9 cm³/mol. The van der Waals surface area contributed by atoms with E-state index in [1.54, 1.807) is 31.0 Å². The minimum Gasteiger partial charge on any atom is -0.493 e. The quantitative estimate of drug-likeness (QED) is 0.739. The zero-order chi connectivity index (χ0) is 14.8. The number of nitrogens with zero attached hydrogens (tertiary/aromatic N) is 3. The van der Waals surface area contributed by atoms with E-state index in [-0.39, 0.29) is 0 Å². The molecule has 0 radical (unpaired) electrons. The van der Waals surface area contributed by atoms with Crippen LogP contribution in [0.15, 0.2) is 42.7 Å². The molecule has 2 heterocycles. The molecule has 21 heavy (non-hydrogen) atoms. The van der Waals surface area contributed by atoms with Crippen LogP contribution in [0.5, 0.6) is 11.5 Å². The van der Waals surface area contributed by atoms with Crippen molar-refractivity contribution in [2.75, 3.05) is 14.2 Å². The third-order valence-electron chi connectivity index (χ3n) is 3.34. The molecule has 0 N–H and O–H groups in total. The lowest BCUT2D eigenvalue weighted by atomic mass is 10.1. The molecule has 0 saturated carbocycles. The first-order valence-electron chi connectivity index (χ1n) is 6.37. The Bertz CT molecular complexity index is 846. The maximum atomic E-state index is 9.18. The number of rotatable bonds is 3. The summed E-state index contributed by atoms with van der Waals surface area (Å²) in [6.45, 7) is 0. The standard InChI is InChI=1S/C16H13N3O2/c1-20-14-8-11-5-6-18-16(13(11)9-15(14)21-2)19-7-3-4-12(19)10-17/h3-9H,1-2H3. The van der Waals surface area contributed by atoms with E-state index < -0.39 is 0 Å². The van der Waals surface area contributed by atoms with E-state index in [0.29, 0.717) is 23.0 Å². The molecule has 0 atom stereocenters. The summed E-state index contributed by atoms with van der Waals surface area (Å²) in [6.07, 6.45) is 3.53. The van der Waals surface area contributed by atoms with Gasteiger partial charge in [0.05, 0.1) is 14.2 Å². The molecule has 0 spiro atoms. The molecule has 0 bridgehead atoms. The van der Waals surface area contributed by atoms with E-state index in [9.17, 15) is 5.26 Å². The number of hydrogen-bond acceptors (Lipinski definition) is 4. The van der Waals surface area contributed by atoms with Crippen LogP contribution in [0.4, 0.5) is 0 Å². The fraction of sp³-hybridized carbons (Fsp3) is 0.125. The summed E-state index contributed by atoms with van der Waals surface area (Å²) in [5, 5.41) is 11.0. The van der Waals surface area contributed by atoms with E-state index in [2.05, 4.69) is 11.1 Å². The SMILES string of the molecule is COc1cc2ccnc(-n3cccc3C#N)c2cc1OC. The van der Waals surface area contributed by atoms with Crippen molar-refractivity contribution in [1.82, 2.24) is 9.55 Å². The second-order valence-corrected chi connectivity index (χ2v) is 4.44. The van der Waals surface area contributed by atoms with Crippen LogP contribution in [0, 0.1) is 11.3 Å². The van der Waals surface area contributed by atoms with Crippen LogP contribution in [-0.4, -0.2) is 23.8 Å². The highest BCUT2D eigenvalue weighted by Gasteiger charge is 2.12. The Morgan fingerprint density at radius 2 is 1.90 bits per heavy atom. The lowest BCUT2D eigenvalue weighted by molar-refractivity contribution is 0.356. The van der Waals surface area contributed by atoms with Crippen molar-refractivity contribution in [2.24, 2.45) is 0 Å². The molecule has 5 nitrogen and oxygen atoms in total. The van der Waals surface area contributed by atoms with Gasteiger partial charge in [0.25, 0.3) is 0 Å². The van der Waals surface area contributed by atoms with Crippen LogP contribution in [0.25, 0.3) is 16.6 Å². The zero-order valence-electron chi connectivity index (χ0n) is 11.7. The second-order valence-electron chi connectivity index (χ2n) is 4.44. The molecular weight excluding hydrogens is 266 g/mol. The Morgan fingerprint density at radius 1 is 1.14 bits per heavy atom. The third kappa shape index (κ3) is 2.07. The highest BCUT2D eigenvalue weighted by atomic mass is 16.5. The van der Waals surface area contributed by atoms with Gasteiger partial charge in [-0.05, 0) is 35.7 Å². The summed E-state index contributed by atoms with van der Waals surface area (Å²) in [5.41, 5.74) is 0.532. The van der Waals surface area contributed by atoms with E-state index in [1.807, 2.05) is 30.5 Å². The number of hydrogen-bond donors (Lipinski definition) is 0. The van der Waals surface area contributed by atoms with Gasteiger partial charge in [0, 0.05) is 17.8 Å². The van der Waals surface area contributed by atoms with Gasteiger partial charge in [0.1, 0.15) is 17.6 Å². The van der Waals surface area contributed by atoms with Crippen LogP contribution in [-0.2, 0) is 0 Å². The maximum Gasteiger partial charge on any atom is 0.161 e. The highest BCUT2D eigenvalue weighted by molar-refractivity contribution is 5.91. The van der Waals surface area contributed by atoms with E-state index >= 15 is 0 Å². The highest BCUT2D eigenvalue weighted by Crippen LogP contribution is 2.34. The van der Waals surface area contributed by atoms with Crippen molar-refractivity contribution >= 4 is 10.8 Å². The van der Waals surface area contributed by atoms with Gasteiger partial charge in [-0.3, -0.25) is 4.57 Å². The average Bonchev–Trinajstić information content (AvgIpc) is 3.01. The third-order valence-corrected chi connectivity index (χ3v) is 3.34. The number of methoxy groups -OCH3 is 2. The fourth-order valence-corrected chi connectivity index (χ4v) is 2.33. The Kier molecular flexibility index (Phi) is 3.20. The molecule has 0 aliphatic rings. The maximum absolute atomic E-state index is 9.18. The molecule has 104 valence electrons. The number of aromatic nitrogens is 2. The van der Waals surface area contributed by atoms with Gasteiger partial charge in [-0.2, -0.15) is 5.26 Å². The normalized spacial score (nSPS) is 10.3. The van der Waals surface area contributed by atoms with E-state index in [1.165, 1.54) is 0 Å². The first-order chi connectivity index (χ1) is 10.3. The van der Waals surface area contributed by atoms with Crippen molar-refractivity contribution in [3.8, 4) is 23.4 Å². The van der Waals surface area contributed by atoms with Crippen LogP contribution in [0.1, 0.15) is 5.69 Å². The lowest BCUT2D eigenvalue weighted by Crippen LogP contribution is -2.00. The topological polar surface area (TPSA) is 60.1 Å². The van der Waals surface area contributed by atoms with Gasteiger partial charge < -0.3 is 9.47 Å². The van der Waals surface area contributed by atoms with Crippen molar-refractivity contribution in [2.45, 2.75) is 0 Å². The Morgan fingerprint density at radius 3 is 2.62 bits per heavy atom. The molecule has 2 aromatic heterocycles. The number of fused-ring (bicyclic) bond motifs is 1. The van der Waals surface area contributed by atoms with Gasteiger partial charge in [-0.15, -0.1) is 0 Å². The molecule has 3 aromatic rings. The van der Waals surface area contributed by atoms with Gasteiger partial charge >= 0.3 is 0 Å². The summed E-state index contributed by atoms with van der Waals surface area (Å²) in [4.78, 5) is 4.40. The monoisotopic (exact) mass is 279 g/mol. The Balaban J connectivity index is 2.32. The number of ether oxygens (including phenoxy) is 2. The van der Waals surface area contributed by atoms with E-state index in [4.69, 9.17) is 9.47 Å². The van der Waals surface area contributed by atoms with Crippen molar-refractivity contribution in [1.29, 1.82) is 5.26 Å². The average molecular weight is 279 g/mol. The lowest BCUT2D eigenvalue weighted by Gasteiger charge is -2.12. The van der Waals surface area contributed by atoms with Gasteiger partial charge in [-0.25, -0.2) is 4.98 Å². The number of pyridine rings is 1. The van der Waals surface area contributed by atoms with Gasteiger partial charge in [-0.1, -0.05) is 0 Å². The summed E-state index contributed by atoms with van der Waals surface area (Å²) in [5.74, 6) is 1.98. The molecule has 0 aliphatic heterocycles. The smallest absolute Gasteiger partial charge is 0.161 e. The number of benzene rings is 1. The minimum atomic E-state index is 0.532.